The molecule has 3 rings (SSSR count). The molecule has 1 unspecified atom stereocenters. The molecule has 1 N–H and O–H groups in total. The molecule has 5 heteroatoms. The average molecular weight is 449 g/mol. The zero-order chi connectivity index (χ0) is 23.3. The van der Waals surface area contributed by atoms with E-state index in [-0.39, 0.29) is 11.9 Å². The first kappa shape index (κ1) is 24.4. The highest BCUT2D eigenvalue weighted by molar-refractivity contribution is 5.50. The summed E-state index contributed by atoms with van der Waals surface area (Å²) in [6.45, 7) is 1.61. The van der Waals surface area contributed by atoms with Crippen LogP contribution in [0, 0.1) is 0 Å². The second kappa shape index (κ2) is 13.3. The van der Waals surface area contributed by atoms with Crippen molar-refractivity contribution in [2.75, 3.05) is 20.8 Å². The van der Waals surface area contributed by atoms with Crippen LogP contribution in [-0.2, 0) is 29.1 Å². The van der Waals surface area contributed by atoms with Crippen LogP contribution in [0.1, 0.15) is 23.1 Å². The van der Waals surface area contributed by atoms with E-state index in [2.05, 4.69) is 6.08 Å². The quantitative estimate of drug-likeness (QED) is 0.268. The normalized spacial score (nSPS) is 12.1. The number of ether oxygens (including phenoxy) is 4. The molecule has 3 aromatic rings. The highest BCUT2D eigenvalue weighted by Crippen LogP contribution is 2.35. The number of rotatable bonds is 13. The molecular formula is C28H32O5. The van der Waals surface area contributed by atoms with Gasteiger partial charge in [0.05, 0.1) is 40.1 Å². The largest absolute Gasteiger partial charge is 0.508 e. The number of phenols is 1. The summed E-state index contributed by atoms with van der Waals surface area (Å²) >= 11 is 0. The van der Waals surface area contributed by atoms with Gasteiger partial charge in [-0.2, -0.15) is 0 Å². The SMILES string of the molecule is COc1cc(O)c(CC(C/C=C\COCc2ccccc2)OCc2ccccc2)cc1OC. The van der Waals surface area contributed by atoms with Crippen molar-refractivity contribution in [3.8, 4) is 17.2 Å². The fourth-order valence-corrected chi connectivity index (χ4v) is 3.45. The Morgan fingerprint density at radius 1 is 0.788 bits per heavy atom. The molecule has 0 aliphatic carbocycles. The lowest BCUT2D eigenvalue weighted by molar-refractivity contribution is 0.0424. The van der Waals surface area contributed by atoms with Crippen molar-refractivity contribution in [2.24, 2.45) is 0 Å². The van der Waals surface area contributed by atoms with Crippen molar-refractivity contribution in [3.63, 3.8) is 0 Å². The van der Waals surface area contributed by atoms with Gasteiger partial charge in [-0.15, -0.1) is 0 Å². The van der Waals surface area contributed by atoms with Crippen molar-refractivity contribution in [2.45, 2.75) is 32.2 Å². The molecule has 1 atom stereocenters. The third-order valence-electron chi connectivity index (χ3n) is 5.25. The Morgan fingerprint density at radius 2 is 1.39 bits per heavy atom. The predicted molar refractivity (Wildman–Crippen MR) is 130 cm³/mol. The summed E-state index contributed by atoms with van der Waals surface area (Å²) < 4.78 is 22.6. The van der Waals surface area contributed by atoms with Gasteiger partial charge in [0.25, 0.3) is 0 Å². The molecule has 33 heavy (non-hydrogen) atoms. The van der Waals surface area contributed by atoms with Gasteiger partial charge in [0, 0.05) is 18.1 Å². The minimum absolute atomic E-state index is 0.125. The summed E-state index contributed by atoms with van der Waals surface area (Å²) in [6.07, 6.45) is 5.18. The van der Waals surface area contributed by atoms with Gasteiger partial charge in [0.15, 0.2) is 11.5 Å². The lowest BCUT2D eigenvalue weighted by Crippen LogP contribution is -2.16. The third-order valence-corrected chi connectivity index (χ3v) is 5.25. The predicted octanol–water partition coefficient (Wildman–Crippen LogP) is 5.70. The van der Waals surface area contributed by atoms with Gasteiger partial charge in [-0.25, -0.2) is 0 Å². The van der Waals surface area contributed by atoms with Crippen LogP contribution in [0.3, 0.4) is 0 Å². The zero-order valence-corrected chi connectivity index (χ0v) is 19.3. The summed E-state index contributed by atoms with van der Waals surface area (Å²) in [5.41, 5.74) is 3.01. The van der Waals surface area contributed by atoms with Crippen LogP contribution in [0.4, 0.5) is 0 Å². The number of phenolic OH excluding ortho intramolecular Hbond substituents is 1. The van der Waals surface area contributed by atoms with Crippen LogP contribution in [0.25, 0.3) is 0 Å². The molecule has 0 radical (unpaired) electrons. The molecule has 0 heterocycles. The summed E-state index contributed by atoms with van der Waals surface area (Å²) in [5, 5.41) is 10.5. The lowest BCUT2D eigenvalue weighted by atomic mass is 10.0. The second-order valence-electron chi connectivity index (χ2n) is 7.67. The van der Waals surface area contributed by atoms with Crippen LogP contribution in [-0.4, -0.2) is 32.0 Å². The lowest BCUT2D eigenvalue weighted by Gasteiger charge is -2.19. The van der Waals surface area contributed by atoms with E-state index in [1.807, 2.05) is 66.7 Å². The maximum atomic E-state index is 10.5. The molecule has 0 aromatic heterocycles. The fourth-order valence-electron chi connectivity index (χ4n) is 3.45. The molecule has 0 bridgehead atoms. The highest BCUT2D eigenvalue weighted by Gasteiger charge is 2.16. The smallest absolute Gasteiger partial charge is 0.164 e. The van der Waals surface area contributed by atoms with Gasteiger partial charge >= 0.3 is 0 Å². The molecule has 0 aliphatic rings. The molecule has 174 valence electrons. The second-order valence-corrected chi connectivity index (χ2v) is 7.67. The zero-order valence-electron chi connectivity index (χ0n) is 19.3. The number of hydrogen-bond acceptors (Lipinski definition) is 5. The van der Waals surface area contributed by atoms with Gasteiger partial charge in [-0.3, -0.25) is 0 Å². The van der Waals surface area contributed by atoms with Crippen LogP contribution in [0.5, 0.6) is 17.2 Å². The maximum absolute atomic E-state index is 10.5. The number of hydrogen-bond donors (Lipinski definition) is 1. The van der Waals surface area contributed by atoms with E-state index in [0.717, 1.165) is 16.7 Å². The third kappa shape index (κ3) is 7.97. The van der Waals surface area contributed by atoms with E-state index in [4.69, 9.17) is 18.9 Å². The van der Waals surface area contributed by atoms with E-state index in [1.54, 1.807) is 26.4 Å². The molecule has 3 aromatic carbocycles. The Kier molecular flexibility index (Phi) is 9.83. The van der Waals surface area contributed by atoms with Crippen molar-refractivity contribution >= 4 is 0 Å². The van der Waals surface area contributed by atoms with Crippen LogP contribution >= 0.6 is 0 Å². The van der Waals surface area contributed by atoms with Gasteiger partial charge in [0.1, 0.15) is 5.75 Å². The first-order valence-corrected chi connectivity index (χ1v) is 11.1. The topological polar surface area (TPSA) is 57.2 Å². The molecule has 5 nitrogen and oxygen atoms in total. The Hall–Kier alpha value is -3.28. The first-order chi connectivity index (χ1) is 16.2. The van der Waals surface area contributed by atoms with E-state index in [1.165, 1.54) is 0 Å². The van der Waals surface area contributed by atoms with Crippen molar-refractivity contribution in [3.05, 3.63) is 102 Å². The van der Waals surface area contributed by atoms with E-state index < -0.39 is 0 Å². The standard InChI is InChI=1S/C28H32O5/c1-30-27-18-24(26(29)19-28(27)31-2)17-25(33-21-23-13-7-4-8-14-23)15-9-10-16-32-20-22-11-5-3-6-12-22/h3-14,18-19,25,29H,15-17,20-21H2,1-2H3/b10-9-. The Morgan fingerprint density at radius 3 is 2.03 bits per heavy atom. The fraction of sp³-hybridized carbons (Fsp3) is 0.286. The minimum Gasteiger partial charge on any atom is -0.508 e. The minimum atomic E-state index is -0.125. The average Bonchev–Trinajstić information content (AvgIpc) is 2.86. The van der Waals surface area contributed by atoms with Gasteiger partial charge in [-0.1, -0.05) is 72.8 Å². The van der Waals surface area contributed by atoms with Crippen LogP contribution in [0.15, 0.2) is 84.9 Å². The molecule has 0 fully saturated rings. The van der Waals surface area contributed by atoms with Crippen molar-refractivity contribution in [1.82, 2.24) is 0 Å². The highest BCUT2D eigenvalue weighted by atomic mass is 16.5. The molecule has 0 saturated carbocycles. The Labute approximate surface area is 196 Å². The molecule has 0 spiro atoms. The number of methoxy groups -OCH3 is 2. The van der Waals surface area contributed by atoms with Gasteiger partial charge in [0.2, 0.25) is 0 Å². The first-order valence-electron chi connectivity index (χ1n) is 11.1. The summed E-state index contributed by atoms with van der Waals surface area (Å²) in [7, 11) is 3.13. The van der Waals surface area contributed by atoms with Gasteiger partial charge < -0.3 is 24.1 Å². The molecule has 0 aliphatic heterocycles. The van der Waals surface area contributed by atoms with Crippen molar-refractivity contribution < 1.29 is 24.1 Å². The summed E-state index contributed by atoms with van der Waals surface area (Å²) in [5.74, 6) is 1.24. The maximum Gasteiger partial charge on any atom is 0.164 e. The monoisotopic (exact) mass is 448 g/mol. The van der Waals surface area contributed by atoms with Crippen LogP contribution in [0.2, 0.25) is 0 Å². The summed E-state index contributed by atoms with van der Waals surface area (Å²) in [6, 6.07) is 23.6. The molecule has 0 amide bonds. The summed E-state index contributed by atoms with van der Waals surface area (Å²) in [4.78, 5) is 0. The van der Waals surface area contributed by atoms with E-state index in [9.17, 15) is 5.11 Å². The van der Waals surface area contributed by atoms with Crippen LogP contribution < -0.4 is 9.47 Å². The number of benzene rings is 3. The van der Waals surface area contributed by atoms with Crippen molar-refractivity contribution in [1.29, 1.82) is 0 Å². The number of aromatic hydroxyl groups is 1. The van der Waals surface area contributed by atoms with E-state index in [0.29, 0.717) is 44.2 Å². The molecular weight excluding hydrogens is 416 g/mol. The van der Waals surface area contributed by atoms with Gasteiger partial charge in [-0.05, 0) is 23.6 Å². The Balaban J connectivity index is 1.60. The molecule has 0 saturated heterocycles. The Bertz CT molecular complexity index is 986. The van der Waals surface area contributed by atoms with E-state index >= 15 is 0 Å².